The zero-order valence-electron chi connectivity index (χ0n) is 13.4. The van der Waals surface area contributed by atoms with E-state index in [1.54, 1.807) is 24.9 Å². The molecule has 1 aliphatic heterocycles. The second kappa shape index (κ2) is 6.39. The summed E-state index contributed by atoms with van der Waals surface area (Å²) < 4.78 is 46.4. The van der Waals surface area contributed by atoms with Crippen molar-refractivity contribution in [3.8, 4) is 11.3 Å². The summed E-state index contributed by atoms with van der Waals surface area (Å²) in [7, 11) is 1.71. The van der Waals surface area contributed by atoms with Gasteiger partial charge in [-0.25, -0.2) is 9.97 Å². The molecule has 0 aliphatic carbocycles. The Labute approximate surface area is 137 Å². The minimum atomic E-state index is -4.55. The van der Waals surface area contributed by atoms with Gasteiger partial charge in [0.1, 0.15) is 0 Å². The van der Waals surface area contributed by atoms with Gasteiger partial charge < -0.3 is 10.1 Å². The smallest absolute Gasteiger partial charge is 0.376 e. The number of halogens is 3. The van der Waals surface area contributed by atoms with Crippen LogP contribution in [0.1, 0.15) is 24.2 Å². The first-order valence-corrected chi connectivity index (χ1v) is 7.65. The average molecular weight is 341 g/mol. The Kier molecular flexibility index (Phi) is 4.44. The lowest BCUT2D eigenvalue weighted by atomic mass is 10.1. The van der Waals surface area contributed by atoms with Crippen molar-refractivity contribution < 1.29 is 17.9 Å². The van der Waals surface area contributed by atoms with E-state index in [9.17, 15) is 13.2 Å². The number of rotatable bonds is 4. The van der Waals surface area contributed by atoms with E-state index in [4.69, 9.17) is 4.74 Å². The fourth-order valence-electron chi connectivity index (χ4n) is 2.67. The second-order valence-corrected chi connectivity index (χ2v) is 5.78. The molecule has 1 fully saturated rings. The van der Waals surface area contributed by atoms with Crippen molar-refractivity contribution in [2.45, 2.75) is 32.0 Å². The van der Waals surface area contributed by atoms with Crippen molar-refractivity contribution in [2.24, 2.45) is 7.05 Å². The Hall–Kier alpha value is -2.16. The highest BCUT2D eigenvalue weighted by Gasteiger charge is 2.34. The van der Waals surface area contributed by atoms with Gasteiger partial charge in [0.2, 0.25) is 5.95 Å². The first kappa shape index (κ1) is 16.7. The van der Waals surface area contributed by atoms with E-state index in [2.05, 4.69) is 20.4 Å². The number of aryl methyl sites for hydroxylation is 2. The lowest BCUT2D eigenvalue weighted by Gasteiger charge is -2.13. The van der Waals surface area contributed by atoms with Gasteiger partial charge in [0.05, 0.1) is 17.5 Å². The molecule has 3 rings (SSSR count). The second-order valence-electron chi connectivity index (χ2n) is 5.78. The van der Waals surface area contributed by atoms with E-state index in [-0.39, 0.29) is 17.7 Å². The quantitative estimate of drug-likeness (QED) is 0.926. The summed E-state index contributed by atoms with van der Waals surface area (Å²) in [6, 6.07) is 0.946. The van der Waals surface area contributed by atoms with Gasteiger partial charge in [-0.3, -0.25) is 4.68 Å². The third-order valence-corrected chi connectivity index (χ3v) is 3.82. The molecule has 1 aliphatic rings. The van der Waals surface area contributed by atoms with Gasteiger partial charge in [-0.1, -0.05) is 0 Å². The van der Waals surface area contributed by atoms with Crippen LogP contribution < -0.4 is 5.32 Å². The predicted molar refractivity (Wildman–Crippen MR) is 81.4 cm³/mol. The van der Waals surface area contributed by atoms with E-state index in [0.29, 0.717) is 24.4 Å². The van der Waals surface area contributed by atoms with E-state index in [0.717, 1.165) is 18.9 Å². The van der Waals surface area contributed by atoms with Crippen molar-refractivity contribution >= 4 is 5.95 Å². The number of ether oxygens (including phenoxy) is 1. The zero-order valence-corrected chi connectivity index (χ0v) is 13.4. The number of hydrogen-bond acceptors (Lipinski definition) is 5. The Morgan fingerprint density at radius 3 is 2.75 bits per heavy atom. The van der Waals surface area contributed by atoms with Crippen LogP contribution in [0.4, 0.5) is 19.1 Å². The van der Waals surface area contributed by atoms with Crippen LogP contribution in [-0.4, -0.2) is 39.0 Å². The van der Waals surface area contributed by atoms with Crippen LogP contribution in [0.3, 0.4) is 0 Å². The van der Waals surface area contributed by atoms with E-state index in [1.807, 2.05) is 0 Å². The highest BCUT2D eigenvalue weighted by atomic mass is 19.4. The van der Waals surface area contributed by atoms with Gasteiger partial charge in [0.15, 0.2) is 5.69 Å². The molecule has 2 aromatic heterocycles. The minimum absolute atomic E-state index is 0.0216. The molecule has 0 amide bonds. The van der Waals surface area contributed by atoms with Gasteiger partial charge >= 0.3 is 6.18 Å². The van der Waals surface area contributed by atoms with Crippen LogP contribution in [0.2, 0.25) is 0 Å². The zero-order chi connectivity index (χ0) is 17.3. The van der Waals surface area contributed by atoms with Gasteiger partial charge in [0, 0.05) is 32.0 Å². The van der Waals surface area contributed by atoms with Gasteiger partial charge in [-0.2, -0.15) is 18.3 Å². The molecule has 2 aromatic rings. The number of alkyl halides is 3. The van der Waals surface area contributed by atoms with Crippen LogP contribution in [0.5, 0.6) is 0 Å². The van der Waals surface area contributed by atoms with Crippen LogP contribution >= 0.6 is 0 Å². The molecule has 1 atom stereocenters. The Morgan fingerprint density at radius 2 is 2.17 bits per heavy atom. The Bertz CT molecular complexity index is 722. The normalized spacial score (nSPS) is 18.1. The Balaban J connectivity index is 1.92. The number of nitrogens with one attached hydrogen (secondary N) is 1. The molecule has 1 N–H and O–H groups in total. The molecule has 0 bridgehead atoms. The molecule has 0 radical (unpaired) electrons. The standard InChI is InChI=1S/C15H18F3N5O/c1-9-11(8-23(2)22-9)12-6-13(15(16,17)18)21-14(20-12)19-7-10-4-3-5-24-10/h6,8,10H,3-5,7H2,1-2H3,(H,19,20,21). The summed E-state index contributed by atoms with van der Waals surface area (Å²) in [5, 5.41) is 7.01. The SMILES string of the molecule is Cc1nn(C)cc1-c1cc(C(F)(F)F)nc(NCC2CCCO2)n1. The van der Waals surface area contributed by atoms with Gasteiger partial charge in [-0.15, -0.1) is 0 Å². The summed E-state index contributed by atoms with van der Waals surface area (Å²) in [6.07, 6.45) is -1.10. The average Bonchev–Trinajstić information content (AvgIpc) is 3.13. The highest BCUT2D eigenvalue weighted by Crippen LogP contribution is 2.31. The monoisotopic (exact) mass is 341 g/mol. The summed E-state index contributed by atoms with van der Waals surface area (Å²) in [5.74, 6) is -0.0569. The van der Waals surface area contributed by atoms with Crippen molar-refractivity contribution in [3.63, 3.8) is 0 Å². The summed E-state index contributed by atoms with van der Waals surface area (Å²) in [4.78, 5) is 7.82. The molecule has 1 saturated heterocycles. The Morgan fingerprint density at radius 1 is 1.38 bits per heavy atom. The van der Waals surface area contributed by atoms with Gasteiger partial charge in [0.25, 0.3) is 0 Å². The van der Waals surface area contributed by atoms with Crippen molar-refractivity contribution in [2.75, 3.05) is 18.5 Å². The third-order valence-electron chi connectivity index (χ3n) is 3.82. The molecule has 0 spiro atoms. The maximum atomic E-state index is 13.1. The van der Waals surface area contributed by atoms with E-state index < -0.39 is 11.9 Å². The molecule has 0 saturated carbocycles. The molecule has 6 nitrogen and oxygen atoms in total. The highest BCUT2D eigenvalue weighted by molar-refractivity contribution is 5.62. The first-order chi connectivity index (χ1) is 11.3. The summed E-state index contributed by atoms with van der Waals surface area (Å²) in [6.45, 7) is 2.78. The number of anilines is 1. The molecule has 3 heterocycles. The molecule has 1 unspecified atom stereocenters. The van der Waals surface area contributed by atoms with Crippen LogP contribution in [0.15, 0.2) is 12.3 Å². The first-order valence-electron chi connectivity index (χ1n) is 7.65. The van der Waals surface area contributed by atoms with E-state index >= 15 is 0 Å². The van der Waals surface area contributed by atoms with Gasteiger partial charge in [-0.05, 0) is 25.8 Å². The molecule has 130 valence electrons. The van der Waals surface area contributed by atoms with Crippen molar-refractivity contribution in [1.82, 2.24) is 19.7 Å². The number of hydrogen-bond donors (Lipinski definition) is 1. The van der Waals surface area contributed by atoms with Crippen molar-refractivity contribution in [1.29, 1.82) is 0 Å². The van der Waals surface area contributed by atoms with Crippen LogP contribution in [0, 0.1) is 6.92 Å². The molecule has 9 heteroatoms. The largest absolute Gasteiger partial charge is 0.433 e. The van der Waals surface area contributed by atoms with Crippen LogP contribution in [0.25, 0.3) is 11.3 Å². The van der Waals surface area contributed by atoms with E-state index in [1.165, 1.54) is 0 Å². The molecular weight excluding hydrogens is 323 g/mol. The lowest BCUT2D eigenvalue weighted by Crippen LogP contribution is -2.21. The summed E-state index contributed by atoms with van der Waals surface area (Å²) >= 11 is 0. The van der Waals surface area contributed by atoms with Crippen LogP contribution in [-0.2, 0) is 18.0 Å². The molecule has 0 aromatic carbocycles. The maximum Gasteiger partial charge on any atom is 0.433 e. The minimum Gasteiger partial charge on any atom is -0.376 e. The number of nitrogens with zero attached hydrogens (tertiary/aromatic N) is 4. The fourth-order valence-corrected chi connectivity index (χ4v) is 2.67. The topological polar surface area (TPSA) is 64.9 Å². The van der Waals surface area contributed by atoms with Crippen molar-refractivity contribution in [3.05, 3.63) is 23.7 Å². The summed E-state index contributed by atoms with van der Waals surface area (Å²) in [5.41, 5.74) is 0.364. The maximum absolute atomic E-state index is 13.1. The molecular formula is C15H18F3N5O. The predicted octanol–water partition coefficient (Wildman–Crippen LogP) is 2.80. The lowest BCUT2D eigenvalue weighted by molar-refractivity contribution is -0.141. The molecule has 24 heavy (non-hydrogen) atoms. The fraction of sp³-hybridized carbons (Fsp3) is 0.533. The number of aromatic nitrogens is 4. The third kappa shape index (κ3) is 3.66.